The lowest BCUT2D eigenvalue weighted by Crippen LogP contribution is -2.15. The van der Waals surface area contributed by atoms with Crippen LogP contribution in [0.4, 0.5) is 13.2 Å². The van der Waals surface area contributed by atoms with Gasteiger partial charge in [-0.25, -0.2) is 4.79 Å². The molecule has 3 N–H and O–H groups in total. The minimum Gasteiger partial charge on any atom is -0.364 e. The second kappa shape index (κ2) is 7.30. The zero-order valence-electron chi connectivity index (χ0n) is 16.7. The summed E-state index contributed by atoms with van der Waals surface area (Å²) in [6, 6.07) is 13.0. The van der Waals surface area contributed by atoms with Crippen molar-refractivity contribution < 1.29 is 18.0 Å². The molecule has 33 heavy (non-hydrogen) atoms. The van der Waals surface area contributed by atoms with E-state index in [4.69, 9.17) is 5.73 Å². The van der Waals surface area contributed by atoms with E-state index in [1.54, 1.807) is 24.3 Å². The van der Waals surface area contributed by atoms with Crippen LogP contribution in [0.15, 0.2) is 71.8 Å². The Labute approximate surface area is 183 Å². The van der Waals surface area contributed by atoms with Crippen LogP contribution < -0.4 is 11.4 Å². The Morgan fingerprint density at radius 3 is 2.45 bits per heavy atom. The number of nitrogens with one attached hydrogen (secondary N) is 1. The average molecular weight is 449 g/mol. The molecule has 3 aromatic heterocycles. The summed E-state index contributed by atoms with van der Waals surface area (Å²) in [6.45, 7) is 0. The standard InChI is InChI=1S/C23H14F3N5O2/c24-23(25,26)14-2-1-3-15(9-14)31-20-16-8-12(13-5-7-18(21(27)32)28-10-13)4-6-17(16)29-11-19(20)30-22(31)33/h1-11H,(H2,27,32)(H,30,33). The van der Waals surface area contributed by atoms with Gasteiger partial charge in [-0.1, -0.05) is 18.2 Å². The van der Waals surface area contributed by atoms with Gasteiger partial charge in [-0.3, -0.25) is 19.3 Å². The van der Waals surface area contributed by atoms with Crippen molar-refractivity contribution in [3.8, 4) is 16.8 Å². The summed E-state index contributed by atoms with van der Waals surface area (Å²) in [7, 11) is 0. The Morgan fingerprint density at radius 2 is 1.76 bits per heavy atom. The van der Waals surface area contributed by atoms with Crippen molar-refractivity contribution in [2.24, 2.45) is 5.73 Å². The Morgan fingerprint density at radius 1 is 0.970 bits per heavy atom. The van der Waals surface area contributed by atoms with Gasteiger partial charge in [0.15, 0.2) is 0 Å². The number of amides is 1. The predicted molar refractivity (Wildman–Crippen MR) is 116 cm³/mol. The number of hydrogen-bond donors (Lipinski definition) is 2. The molecule has 2 aromatic carbocycles. The van der Waals surface area contributed by atoms with Gasteiger partial charge in [-0.05, 0) is 42.0 Å². The summed E-state index contributed by atoms with van der Waals surface area (Å²) < 4.78 is 41.0. The van der Waals surface area contributed by atoms with Gasteiger partial charge in [0.05, 0.1) is 34.0 Å². The van der Waals surface area contributed by atoms with Crippen molar-refractivity contribution in [1.82, 2.24) is 19.5 Å². The van der Waals surface area contributed by atoms with Crippen LogP contribution in [0.2, 0.25) is 0 Å². The molecule has 1 amide bonds. The molecule has 0 radical (unpaired) electrons. The zero-order valence-corrected chi connectivity index (χ0v) is 16.7. The maximum atomic E-state index is 13.3. The van der Waals surface area contributed by atoms with E-state index >= 15 is 0 Å². The molecule has 0 unspecified atom stereocenters. The highest BCUT2D eigenvalue weighted by Gasteiger charge is 2.30. The summed E-state index contributed by atoms with van der Waals surface area (Å²) in [5.74, 6) is -0.650. The van der Waals surface area contributed by atoms with Gasteiger partial charge in [0, 0.05) is 17.1 Å². The number of pyridine rings is 2. The molecule has 0 saturated carbocycles. The lowest BCUT2D eigenvalue weighted by Gasteiger charge is -2.11. The van der Waals surface area contributed by atoms with Crippen LogP contribution in [0.5, 0.6) is 0 Å². The molecule has 164 valence electrons. The molecule has 3 heterocycles. The fraction of sp³-hybridized carbons (Fsp3) is 0.0435. The fourth-order valence-electron chi connectivity index (χ4n) is 3.74. The number of carbonyl (C=O) groups is 1. The molecule has 0 fully saturated rings. The van der Waals surface area contributed by atoms with Crippen LogP contribution in [0.3, 0.4) is 0 Å². The molecule has 0 atom stereocenters. The number of imidazole rings is 1. The molecule has 5 aromatic rings. The predicted octanol–water partition coefficient (Wildman–Crippen LogP) is 4.05. The van der Waals surface area contributed by atoms with Gasteiger partial charge in [-0.15, -0.1) is 0 Å². The summed E-state index contributed by atoms with van der Waals surface area (Å²) in [5.41, 5.74) is 6.70. The number of aromatic nitrogens is 4. The van der Waals surface area contributed by atoms with Crippen molar-refractivity contribution in [1.29, 1.82) is 0 Å². The van der Waals surface area contributed by atoms with Crippen molar-refractivity contribution >= 4 is 27.8 Å². The molecule has 5 rings (SSSR count). The molecule has 0 aliphatic rings. The lowest BCUT2D eigenvalue weighted by molar-refractivity contribution is -0.137. The summed E-state index contributed by atoms with van der Waals surface area (Å²) in [5, 5.41) is 0.555. The number of nitrogens with zero attached hydrogens (tertiary/aromatic N) is 3. The Bertz CT molecular complexity index is 1600. The molecule has 0 aliphatic heterocycles. The minimum atomic E-state index is -4.55. The number of hydrogen-bond acceptors (Lipinski definition) is 4. The first kappa shape index (κ1) is 20.4. The molecule has 0 spiro atoms. The molecule has 7 nitrogen and oxygen atoms in total. The number of rotatable bonds is 3. The van der Waals surface area contributed by atoms with E-state index in [1.165, 1.54) is 35.2 Å². The molecular weight excluding hydrogens is 435 g/mol. The summed E-state index contributed by atoms with van der Waals surface area (Å²) in [4.78, 5) is 35.1. The monoisotopic (exact) mass is 449 g/mol. The smallest absolute Gasteiger partial charge is 0.364 e. The average Bonchev–Trinajstić information content (AvgIpc) is 3.14. The molecule has 0 aliphatic carbocycles. The number of H-pyrrole nitrogens is 1. The number of fused-ring (bicyclic) bond motifs is 3. The van der Waals surface area contributed by atoms with E-state index in [1.807, 2.05) is 0 Å². The highest BCUT2D eigenvalue weighted by molar-refractivity contribution is 6.04. The third kappa shape index (κ3) is 3.51. The Balaban J connectivity index is 1.75. The van der Waals surface area contributed by atoms with Gasteiger partial charge >= 0.3 is 11.9 Å². The van der Waals surface area contributed by atoms with Crippen LogP contribution in [0.25, 0.3) is 38.8 Å². The van der Waals surface area contributed by atoms with E-state index in [9.17, 15) is 22.8 Å². The fourth-order valence-corrected chi connectivity index (χ4v) is 3.74. The first-order valence-corrected chi connectivity index (χ1v) is 9.70. The number of aromatic amines is 1. The van der Waals surface area contributed by atoms with E-state index in [2.05, 4.69) is 15.0 Å². The van der Waals surface area contributed by atoms with Gasteiger partial charge < -0.3 is 10.7 Å². The number of alkyl halides is 3. The maximum Gasteiger partial charge on any atom is 0.416 e. The van der Waals surface area contributed by atoms with Gasteiger partial charge in [-0.2, -0.15) is 13.2 Å². The highest BCUT2D eigenvalue weighted by atomic mass is 19.4. The second-order valence-corrected chi connectivity index (χ2v) is 7.36. The van der Waals surface area contributed by atoms with Gasteiger partial charge in [0.2, 0.25) is 0 Å². The quantitative estimate of drug-likeness (QED) is 0.433. The lowest BCUT2D eigenvalue weighted by atomic mass is 10.0. The van der Waals surface area contributed by atoms with Crippen LogP contribution in [-0.2, 0) is 6.18 Å². The number of halogens is 3. The Kier molecular flexibility index (Phi) is 4.52. The number of benzene rings is 2. The van der Waals surface area contributed by atoms with Crippen LogP contribution in [0.1, 0.15) is 16.1 Å². The van der Waals surface area contributed by atoms with Crippen LogP contribution in [-0.4, -0.2) is 25.4 Å². The van der Waals surface area contributed by atoms with Gasteiger partial charge in [0.1, 0.15) is 5.69 Å². The summed E-state index contributed by atoms with van der Waals surface area (Å²) >= 11 is 0. The van der Waals surface area contributed by atoms with Gasteiger partial charge in [0.25, 0.3) is 5.91 Å². The third-order valence-electron chi connectivity index (χ3n) is 5.29. The molecule has 10 heteroatoms. The number of nitrogens with two attached hydrogens (primary N) is 1. The number of primary amides is 1. The molecule has 0 bridgehead atoms. The van der Waals surface area contributed by atoms with Crippen molar-refractivity contribution in [3.63, 3.8) is 0 Å². The Hall–Kier alpha value is -4.47. The third-order valence-corrected chi connectivity index (χ3v) is 5.29. The SMILES string of the molecule is NC(=O)c1ccc(-c2ccc3ncc4[nH]c(=O)n(-c5cccc(C(F)(F)F)c5)c4c3c2)cn1. The maximum absolute atomic E-state index is 13.3. The van der Waals surface area contributed by atoms with Crippen molar-refractivity contribution in [3.05, 3.63) is 88.7 Å². The summed E-state index contributed by atoms with van der Waals surface area (Å²) in [6.07, 6.45) is -1.59. The van der Waals surface area contributed by atoms with E-state index in [-0.39, 0.29) is 11.4 Å². The first-order valence-electron chi connectivity index (χ1n) is 9.70. The van der Waals surface area contributed by atoms with Crippen molar-refractivity contribution in [2.75, 3.05) is 0 Å². The van der Waals surface area contributed by atoms with Crippen LogP contribution in [0, 0.1) is 0 Å². The second-order valence-electron chi connectivity index (χ2n) is 7.36. The van der Waals surface area contributed by atoms with Crippen LogP contribution >= 0.6 is 0 Å². The van der Waals surface area contributed by atoms with Crippen molar-refractivity contribution in [2.45, 2.75) is 6.18 Å². The zero-order chi connectivity index (χ0) is 23.3. The highest BCUT2D eigenvalue weighted by Crippen LogP contribution is 2.32. The molecular formula is C23H14F3N5O2. The minimum absolute atomic E-state index is 0.0754. The largest absolute Gasteiger partial charge is 0.416 e. The van der Waals surface area contributed by atoms with E-state index in [0.717, 1.165) is 12.1 Å². The molecule has 0 saturated heterocycles. The van der Waals surface area contributed by atoms with E-state index in [0.29, 0.717) is 33.1 Å². The first-order chi connectivity index (χ1) is 15.7. The van der Waals surface area contributed by atoms with E-state index < -0.39 is 23.3 Å². The number of carbonyl (C=O) groups excluding carboxylic acids is 1. The normalized spacial score (nSPS) is 11.8. The topological polar surface area (TPSA) is 107 Å².